The van der Waals surface area contributed by atoms with E-state index in [9.17, 15) is 18.4 Å². The number of fused-ring (bicyclic) bond motifs is 1. The maximum Gasteiger partial charge on any atom is 0.266 e. The normalized spacial score (nSPS) is 12.0. The van der Waals surface area contributed by atoms with Crippen LogP contribution < -0.4 is 10.9 Å². The van der Waals surface area contributed by atoms with Crippen molar-refractivity contribution in [2.45, 2.75) is 18.1 Å². The van der Waals surface area contributed by atoms with Crippen molar-refractivity contribution in [3.05, 3.63) is 99.3 Å². The fourth-order valence-corrected chi connectivity index (χ4v) is 4.34. The number of nitrogens with one attached hydrogen (secondary N) is 1. The first kappa shape index (κ1) is 22.9. The molecule has 0 saturated carbocycles. The van der Waals surface area contributed by atoms with Crippen LogP contribution in [-0.2, 0) is 4.79 Å². The van der Waals surface area contributed by atoms with Crippen molar-refractivity contribution >= 4 is 40.2 Å². The van der Waals surface area contributed by atoms with E-state index in [1.165, 1.54) is 6.07 Å². The topological polar surface area (TPSA) is 64.0 Å². The fraction of sp³-hybridized carbons (Fsp3) is 0.125. The Morgan fingerprint density at radius 1 is 1.12 bits per heavy atom. The number of rotatable bonds is 6. The van der Waals surface area contributed by atoms with Crippen molar-refractivity contribution < 1.29 is 13.6 Å². The lowest BCUT2D eigenvalue weighted by Crippen LogP contribution is -2.29. The molecular weight excluding hydrogens is 468 g/mol. The van der Waals surface area contributed by atoms with E-state index in [0.717, 1.165) is 34.0 Å². The Bertz CT molecular complexity index is 1400. The van der Waals surface area contributed by atoms with Gasteiger partial charge in [0.2, 0.25) is 5.91 Å². The molecule has 4 aromatic rings. The third-order valence-electron chi connectivity index (χ3n) is 4.96. The summed E-state index contributed by atoms with van der Waals surface area (Å²) in [5.41, 5.74) is 0.551. The molecule has 1 amide bonds. The summed E-state index contributed by atoms with van der Waals surface area (Å²) >= 11 is 7.00. The second kappa shape index (κ2) is 9.72. The van der Waals surface area contributed by atoms with E-state index in [4.69, 9.17) is 11.6 Å². The Hall–Kier alpha value is -3.23. The highest BCUT2D eigenvalue weighted by Gasteiger charge is 2.19. The van der Waals surface area contributed by atoms with Gasteiger partial charge in [-0.15, -0.1) is 0 Å². The van der Waals surface area contributed by atoms with Gasteiger partial charge in [0.05, 0.1) is 28.4 Å². The number of hydrogen-bond donors (Lipinski definition) is 1. The van der Waals surface area contributed by atoms with E-state index in [2.05, 4.69) is 10.3 Å². The minimum absolute atomic E-state index is 0.0640. The third kappa shape index (κ3) is 5.07. The number of aromatic nitrogens is 2. The molecule has 3 aromatic carbocycles. The van der Waals surface area contributed by atoms with Crippen LogP contribution >= 0.6 is 23.4 Å². The molecule has 0 fully saturated rings. The van der Waals surface area contributed by atoms with Crippen molar-refractivity contribution in [3.8, 4) is 5.69 Å². The summed E-state index contributed by atoms with van der Waals surface area (Å²) in [6, 6.07) is 16.7. The number of halogens is 3. The Labute approximate surface area is 197 Å². The van der Waals surface area contributed by atoms with Crippen LogP contribution in [0.5, 0.6) is 0 Å². The minimum atomic E-state index is -0.927. The number of hydrogen-bond acceptors (Lipinski definition) is 4. The maximum atomic E-state index is 14.6. The van der Waals surface area contributed by atoms with Gasteiger partial charge in [-0.3, -0.25) is 14.2 Å². The van der Waals surface area contributed by atoms with Crippen LogP contribution in [0.2, 0.25) is 5.02 Å². The summed E-state index contributed by atoms with van der Waals surface area (Å²) in [6.45, 7) is 1.86. The number of benzene rings is 3. The number of carbonyl (C=O) groups excluding carboxylic acids is 1. The molecular formula is C24H18ClF2N3O2S. The molecule has 0 saturated heterocycles. The van der Waals surface area contributed by atoms with Crippen LogP contribution in [0.3, 0.4) is 0 Å². The molecule has 33 heavy (non-hydrogen) atoms. The highest BCUT2D eigenvalue weighted by molar-refractivity contribution is 7.99. The summed E-state index contributed by atoms with van der Waals surface area (Å²) in [7, 11) is 0. The van der Waals surface area contributed by atoms with Crippen LogP contribution in [0.4, 0.5) is 8.78 Å². The smallest absolute Gasteiger partial charge is 0.266 e. The van der Waals surface area contributed by atoms with Crippen LogP contribution in [0.15, 0.2) is 76.7 Å². The van der Waals surface area contributed by atoms with Gasteiger partial charge in [0.25, 0.3) is 5.56 Å². The van der Waals surface area contributed by atoms with Gasteiger partial charge in [0.1, 0.15) is 11.6 Å². The van der Waals surface area contributed by atoms with E-state index in [0.29, 0.717) is 16.6 Å². The lowest BCUT2D eigenvalue weighted by atomic mass is 10.1. The third-order valence-corrected chi connectivity index (χ3v) is 6.13. The predicted octanol–water partition coefficient (Wildman–Crippen LogP) is 5.29. The largest absolute Gasteiger partial charge is 0.349 e. The maximum absolute atomic E-state index is 14.6. The van der Waals surface area contributed by atoms with Crippen molar-refractivity contribution in [2.75, 3.05) is 5.75 Å². The van der Waals surface area contributed by atoms with Crippen LogP contribution in [-0.4, -0.2) is 21.2 Å². The first-order chi connectivity index (χ1) is 15.8. The van der Waals surface area contributed by atoms with Crippen LogP contribution in [0.25, 0.3) is 16.6 Å². The second-order valence-corrected chi connectivity index (χ2v) is 8.66. The number of amides is 1. The Morgan fingerprint density at radius 3 is 2.61 bits per heavy atom. The zero-order valence-electron chi connectivity index (χ0n) is 17.4. The molecule has 1 aromatic heterocycles. The van der Waals surface area contributed by atoms with Gasteiger partial charge in [0, 0.05) is 11.1 Å². The minimum Gasteiger partial charge on any atom is -0.349 e. The average molecular weight is 486 g/mol. The quantitative estimate of drug-likeness (QED) is 0.298. The first-order valence-electron chi connectivity index (χ1n) is 9.98. The molecule has 0 aliphatic heterocycles. The van der Waals surface area contributed by atoms with Gasteiger partial charge in [-0.2, -0.15) is 0 Å². The van der Waals surface area contributed by atoms with Crippen molar-refractivity contribution in [2.24, 2.45) is 0 Å². The van der Waals surface area contributed by atoms with Gasteiger partial charge >= 0.3 is 0 Å². The van der Waals surface area contributed by atoms with E-state index < -0.39 is 17.2 Å². The lowest BCUT2D eigenvalue weighted by Gasteiger charge is -2.16. The molecule has 4 rings (SSSR count). The molecule has 0 radical (unpaired) electrons. The number of carbonyl (C=O) groups is 1. The highest BCUT2D eigenvalue weighted by atomic mass is 35.5. The predicted molar refractivity (Wildman–Crippen MR) is 126 cm³/mol. The Kier molecular flexibility index (Phi) is 6.76. The lowest BCUT2D eigenvalue weighted by molar-refractivity contribution is -0.119. The van der Waals surface area contributed by atoms with Gasteiger partial charge in [-0.25, -0.2) is 13.8 Å². The van der Waals surface area contributed by atoms with E-state index in [-0.39, 0.29) is 33.9 Å². The molecule has 1 atom stereocenters. The van der Waals surface area contributed by atoms with Gasteiger partial charge < -0.3 is 5.32 Å². The van der Waals surface area contributed by atoms with Crippen LogP contribution in [0.1, 0.15) is 18.5 Å². The number of nitrogens with zero attached hydrogens (tertiary/aromatic N) is 2. The van der Waals surface area contributed by atoms with Gasteiger partial charge in [-0.05, 0) is 42.8 Å². The molecule has 168 valence electrons. The summed E-state index contributed by atoms with van der Waals surface area (Å²) in [5, 5.41) is 3.49. The SMILES string of the molecule is CC(NC(=O)CSc1nc2ccc(Cl)cc2c(=O)n1-c1ccc(F)cc1F)c1ccccc1. The number of thioether (sulfide) groups is 1. The molecule has 1 unspecified atom stereocenters. The molecule has 9 heteroatoms. The summed E-state index contributed by atoms with van der Waals surface area (Å²) in [4.78, 5) is 30.3. The summed E-state index contributed by atoms with van der Waals surface area (Å²) < 4.78 is 29.1. The van der Waals surface area contributed by atoms with E-state index in [1.54, 1.807) is 12.1 Å². The standard InChI is InChI=1S/C24H18ClF2N3O2S/c1-14(15-5-3-2-4-6-15)28-22(31)13-33-24-29-20-9-7-16(25)11-18(20)23(32)30(24)21-10-8-17(26)12-19(21)27/h2-12,14H,13H2,1H3,(H,28,31). The van der Waals surface area contributed by atoms with Crippen LogP contribution in [0, 0.1) is 11.6 Å². The van der Waals surface area contributed by atoms with E-state index >= 15 is 0 Å². The Morgan fingerprint density at radius 2 is 1.88 bits per heavy atom. The van der Waals surface area contributed by atoms with E-state index in [1.807, 2.05) is 37.3 Å². The fourth-order valence-electron chi connectivity index (χ4n) is 3.35. The zero-order chi connectivity index (χ0) is 23.5. The summed E-state index contributed by atoms with van der Waals surface area (Å²) in [6.07, 6.45) is 0. The monoisotopic (exact) mass is 485 g/mol. The molecule has 1 N–H and O–H groups in total. The van der Waals surface area contributed by atoms with Crippen molar-refractivity contribution in [1.29, 1.82) is 0 Å². The molecule has 0 aliphatic carbocycles. The van der Waals surface area contributed by atoms with Gasteiger partial charge in [-0.1, -0.05) is 53.7 Å². The zero-order valence-corrected chi connectivity index (χ0v) is 19.0. The van der Waals surface area contributed by atoms with Gasteiger partial charge in [0.15, 0.2) is 5.16 Å². The second-order valence-electron chi connectivity index (χ2n) is 7.28. The molecule has 0 spiro atoms. The van der Waals surface area contributed by atoms with Crippen molar-refractivity contribution in [1.82, 2.24) is 14.9 Å². The summed E-state index contributed by atoms with van der Waals surface area (Å²) in [5.74, 6) is -2.05. The molecule has 0 aliphatic rings. The molecule has 1 heterocycles. The molecule has 5 nitrogen and oxygen atoms in total. The van der Waals surface area contributed by atoms with Crippen molar-refractivity contribution in [3.63, 3.8) is 0 Å². The average Bonchev–Trinajstić information content (AvgIpc) is 2.79. The first-order valence-corrected chi connectivity index (χ1v) is 11.3. The Balaban J connectivity index is 1.68. The molecule has 0 bridgehead atoms. The highest BCUT2D eigenvalue weighted by Crippen LogP contribution is 2.25.